The summed E-state index contributed by atoms with van der Waals surface area (Å²) in [5.74, 6) is 0. The zero-order valence-corrected chi connectivity index (χ0v) is 31.8. The third-order valence-electron chi connectivity index (χ3n) is 9.66. The van der Waals surface area contributed by atoms with Gasteiger partial charge in [-0.3, -0.25) is 0 Å². The molecule has 0 N–H and O–H groups in total. The van der Waals surface area contributed by atoms with Gasteiger partial charge in [-0.05, 0) is 46.5 Å². The second kappa shape index (κ2) is 18.3. The lowest BCUT2D eigenvalue weighted by molar-refractivity contribution is -0.275. The van der Waals surface area contributed by atoms with Crippen LogP contribution in [0, 0.1) is 0 Å². The third kappa shape index (κ3) is 9.10. The van der Waals surface area contributed by atoms with Crippen molar-refractivity contribution in [3.8, 4) is 0 Å². The average molecular weight is 784 g/mol. The molecule has 0 bridgehead atoms. The molecule has 4 unspecified atom stereocenters. The number of rotatable bonds is 16. The fourth-order valence-electron chi connectivity index (χ4n) is 6.91. The molecule has 290 valence electrons. The smallest absolute Gasteiger partial charge is 0.268 e. The number of para-hydroxylation sites is 1. The highest BCUT2D eigenvalue weighted by molar-refractivity contribution is 7.90. The van der Waals surface area contributed by atoms with Gasteiger partial charge in [0.1, 0.15) is 30.5 Å². The summed E-state index contributed by atoms with van der Waals surface area (Å²) in [6, 6.07) is 52.6. The van der Waals surface area contributed by atoms with Crippen LogP contribution in [0.15, 0.2) is 187 Å². The molecule has 0 radical (unpaired) electrons. The fourth-order valence-corrected chi connectivity index (χ4v) is 8.48. The van der Waals surface area contributed by atoms with E-state index in [1.54, 1.807) is 127 Å². The molecule has 6 aromatic carbocycles. The molecule has 1 fully saturated rings. The molecule has 1 aliphatic rings. The normalized spacial score (nSPS) is 23.0. The molecule has 7 aromatic rings. The molecule has 0 saturated carbocycles. The SMILES string of the molecule is [2H]C(OC[C@H]1O[C@H](c2cc3ccccc3n2S(=O)(=O)c2ccccc2)[C@@H](OC([2H])c2ccccc2)[C@@H](OC([2H])c2ccccc2)[C@@H]1OC([2H])c1ccccc1)c1ccccc1. The van der Waals surface area contributed by atoms with Gasteiger partial charge >= 0.3 is 0 Å². The van der Waals surface area contributed by atoms with Gasteiger partial charge in [-0.25, -0.2) is 12.4 Å². The van der Waals surface area contributed by atoms with Crippen molar-refractivity contribution >= 4 is 20.9 Å². The van der Waals surface area contributed by atoms with Crippen LogP contribution in [0.5, 0.6) is 0 Å². The van der Waals surface area contributed by atoms with Crippen LogP contribution in [0.3, 0.4) is 0 Å². The first kappa shape index (κ1) is 33.7. The first-order valence-electron chi connectivity index (χ1n) is 21.0. The number of benzene rings is 6. The molecule has 1 aromatic heterocycles. The van der Waals surface area contributed by atoms with Gasteiger partial charge < -0.3 is 23.7 Å². The predicted molar refractivity (Wildman–Crippen MR) is 220 cm³/mol. The first-order chi connectivity index (χ1) is 29.7. The molecule has 0 spiro atoms. The molecule has 0 amide bonds. The highest BCUT2D eigenvalue weighted by Gasteiger charge is 2.50. The van der Waals surface area contributed by atoms with E-state index in [9.17, 15) is 12.5 Å². The zero-order valence-electron chi connectivity index (χ0n) is 34.9. The van der Waals surface area contributed by atoms with Crippen molar-refractivity contribution in [2.24, 2.45) is 0 Å². The van der Waals surface area contributed by atoms with Crippen LogP contribution in [-0.4, -0.2) is 43.4 Å². The minimum absolute atomic E-state index is 0.0394. The topological polar surface area (TPSA) is 85.2 Å². The number of hydrogen-bond donors (Lipinski definition) is 0. The van der Waals surface area contributed by atoms with E-state index >= 15 is 0 Å². The lowest BCUT2D eigenvalue weighted by atomic mass is 9.92. The lowest BCUT2D eigenvalue weighted by Gasteiger charge is -2.46. The molecule has 1 saturated heterocycles. The Morgan fingerprint density at radius 1 is 0.526 bits per heavy atom. The van der Waals surface area contributed by atoms with Crippen molar-refractivity contribution in [3.63, 3.8) is 0 Å². The predicted octanol–water partition coefficient (Wildman–Crippen LogP) is 9.29. The lowest BCUT2D eigenvalue weighted by Crippen LogP contribution is -2.58. The van der Waals surface area contributed by atoms with Gasteiger partial charge in [0.25, 0.3) is 10.0 Å². The summed E-state index contributed by atoms with van der Waals surface area (Å²) in [6.45, 7) is -5.35. The zero-order chi connectivity index (χ0) is 42.3. The number of aromatic nitrogens is 1. The maximum atomic E-state index is 14.9. The average Bonchev–Trinajstić information content (AvgIpc) is 3.71. The number of nitrogens with zero attached hydrogens (tertiary/aromatic N) is 1. The van der Waals surface area contributed by atoms with E-state index in [0.29, 0.717) is 33.2 Å². The van der Waals surface area contributed by atoms with Crippen molar-refractivity contribution in [2.45, 2.75) is 61.7 Å². The van der Waals surface area contributed by atoms with E-state index < -0.39 is 66.9 Å². The van der Waals surface area contributed by atoms with E-state index in [0.717, 1.165) is 0 Å². The first-order valence-corrected chi connectivity index (χ1v) is 20.2. The monoisotopic (exact) mass is 783 g/mol. The van der Waals surface area contributed by atoms with E-state index in [2.05, 4.69) is 0 Å². The second-order valence-electron chi connectivity index (χ2n) is 13.6. The Morgan fingerprint density at radius 2 is 0.965 bits per heavy atom. The molecule has 9 heteroatoms. The van der Waals surface area contributed by atoms with Crippen molar-refractivity contribution in [1.82, 2.24) is 3.97 Å². The Hall–Kier alpha value is -5.39. The largest absolute Gasteiger partial charge is 0.374 e. The molecule has 1 aliphatic heterocycles. The highest BCUT2D eigenvalue weighted by Crippen LogP contribution is 2.41. The van der Waals surface area contributed by atoms with Gasteiger partial charge in [-0.1, -0.05) is 158 Å². The molecule has 9 atom stereocenters. The van der Waals surface area contributed by atoms with E-state index in [1.807, 2.05) is 42.5 Å². The van der Waals surface area contributed by atoms with Crippen LogP contribution < -0.4 is 0 Å². The van der Waals surface area contributed by atoms with E-state index in [4.69, 9.17) is 25.1 Å². The summed E-state index contributed by atoms with van der Waals surface area (Å²) in [7, 11) is -4.30. The van der Waals surface area contributed by atoms with E-state index in [1.165, 1.54) is 16.1 Å². The number of fused-ring (bicyclic) bond motifs is 1. The Balaban J connectivity index is 1.31. The standard InChI is InChI=1S/C48H45NO7S/c50-57(51,41-27-14-5-15-28-41)49-42-29-17-16-26-40(42)30-43(49)45-47(54-33-38-22-10-3-11-23-38)48(55-34-39-24-12-4-13-25-39)46(53-32-37-20-8-2-9-21-37)44(56-45)35-52-31-36-18-6-1-7-19-36/h1-30,44-48H,31-35H2/t44-,45-,46-,47-,48+/m1/s1/i31D,32D,33D,34D/t31?,32?,33?,34?,44-,45-,46-,47-,48+. The Bertz CT molecular complexity index is 2580. The Morgan fingerprint density at radius 3 is 1.51 bits per heavy atom. The summed E-state index contributed by atoms with van der Waals surface area (Å²) in [4.78, 5) is 0.0394. The minimum atomic E-state index is -4.30. The quantitative estimate of drug-likeness (QED) is 0.0967. The van der Waals surface area contributed by atoms with Crippen LogP contribution in [0.25, 0.3) is 10.9 Å². The third-order valence-corrected chi connectivity index (χ3v) is 11.4. The van der Waals surface area contributed by atoms with Crippen molar-refractivity contribution in [2.75, 3.05) is 6.61 Å². The van der Waals surface area contributed by atoms with Gasteiger partial charge in [0.2, 0.25) is 0 Å². The molecule has 8 nitrogen and oxygen atoms in total. The summed E-state index contributed by atoms with van der Waals surface area (Å²) in [5.41, 5.74) is 2.70. The summed E-state index contributed by atoms with van der Waals surface area (Å²) >= 11 is 0. The van der Waals surface area contributed by atoms with Crippen molar-refractivity contribution in [1.29, 1.82) is 0 Å². The van der Waals surface area contributed by atoms with Crippen molar-refractivity contribution in [3.05, 3.63) is 210 Å². The second-order valence-corrected chi connectivity index (χ2v) is 15.3. The fraction of sp³-hybridized carbons (Fsp3) is 0.208. The van der Waals surface area contributed by atoms with Gasteiger partial charge in [-0.15, -0.1) is 0 Å². The van der Waals surface area contributed by atoms with Crippen LogP contribution in [0.2, 0.25) is 0 Å². The molecular formula is C48H45NO7S. The maximum Gasteiger partial charge on any atom is 0.268 e. The Kier molecular flexibility index (Phi) is 10.8. The molecule has 8 rings (SSSR count). The van der Waals surface area contributed by atoms with Gasteiger partial charge in [-0.2, -0.15) is 0 Å². The number of ether oxygens (including phenoxy) is 5. The van der Waals surface area contributed by atoms with Crippen LogP contribution in [0.1, 0.15) is 39.5 Å². The van der Waals surface area contributed by atoms with Crippen LogP contribution in [0.4, 0.5) is 0 Å². The summed E-state index contributed by atoms with van der Waals surface area (Å²) in [6.07, 6.45) is -6.24. The maximum absolute atomic E-state index is 14.9. The number of hydrogen-bond acceptors (Lipinski definition) is 7. The molecular weight excluding hydrogens is 735 g/mol. The Labute approximate surface area is 339 Å². The molecule has 57 heavy (non-hydrogen) atoms. The van der Waals surface area contributed by atoms with Crippen LogP contribution in [-0.2, 0) is 60.0 Å². The van der Waals surface area contributed by atoms with Gasteiger partial charge in [0.05, 0.1) is 54.5 Å². The molecule has 0 aliphatic carbocycles. The van der Waals surface area contributed by atoms with Crippen molar-refractivity contribution < 1.29 is 37.6 Å². The van der Waals surface area contributed by atoms with Gasteiger partial charge in [0.15, 0.2) is 0 Å². The van der Waals surface area contributed by atoms with Crippen LogP contribution >= 0.6 is 0 Å². The summed E-state index contributed by atoms with van der Waals surface area (Å²) < 4.78 is 101. The van der Waals surface area contributed by atoms with E-state index in [-0.39, 0.29) is 17.2 Å². The summed E-state index contributed by atoms with van der Waals surface area (Å²) in [5, 5.41) is 0.599. The highest BCUT2D eigenvalue weighted by atomic mass is 32.2. The molecule has 2 heterocycles. The van der Waals surface area contributed by atoms with Gasteiger partial charge in [0, 0.05) is 5.39 Å². The minimum Gasteiger partial charge on any atom is -0.374 e.